The van der Waals surface area contributed by atoms with Gasteiger partial charge in [-0.25, -0.2) is 0 Å². The van der Waals surface area contributed by atoms with Crippen LogP contribution >= 0.6 is 23.4 Å². The van der Waals surface area contributed by atoms with E-state index in [0.29, 0.717) is 10.8 Å². The van der Waals surface area contributed by atoms with E-state index < -0.39 is 0 Å². The summed E-state index contributed by atoms with van der Waals surface area (Å²) in [6.07, 6.45) is -0.250. The third-order valence-electron chi connectivity index (χ3n) is 4.24. The van der Waals surface area contributed by atoms with Gasteiger partial charge in [-0.3, -0.25) is 0 Å². The van der Waals surface area contributed by atoms with Crippen molar-refractivity contribution in [3.63, 3.8) is 0 Å². The molecule has 0 bridgehead atoms. The summed E-state index contributed by atoms with van der Waals surface area (Å²) in [6.45, 7) is 6.09. The van der Waals surface area contributed by atoms with Crippen LogP contribution in [0.15, 0.2) is 47.6 Å². The molecule has 0 saturated carbocycles. The lowest BCUT2D eigenvalue weighted by Gasteiger charge is -2.15. The van der Waals surface area contributed by atoms with E-state index in [-0.39, 0.29) is 6.10 Å². The van der Waals surface area contributed by atoms with E-state index in [1.165, 1.54) is 11.1 Å². The van der Waals surface area contributed by atoms with Crippen molar-refractivity contribution in [1.82, 2.24) is 14.8 Å². The summed E-state index contributed by atoms with van der Waals surface area (Å²) in [4.78, 5) is 0. The minimum atomic E-state index is -0.250. The molecular weight excluding hydrogens is 366 g/mol. The van der Waals surface area contributed by atoms with Crippen LogP contribution in [0.1, 0.15) is 35.5 Å². The maximum Gasteiger partial charge on any atom is 0.191 e. The maximum atomic E-state index is 6.23. The molecule has 3 rings (SSSR count). The van der Waals surface area contributed by atoms with Crippen LogP contribution in [0.3, 0.4) is 0 Å². The van der Waals surface area contributed by atoms with Crippen molar-refractivity contribution in [1.29, 1.82) is 0 Å². The topological polar surface area (TPSA) is 39.9 Å². The van der Waals surface area contributed by atoms with Crippen molar-refractivity contribution in [3.05, 3.63) is 70.0 Å². The number of aryl methyl sites for hydroxylation is 2. The fraction of sp³-hybridized carbons (Fsp3) is 0.300. The molecule has 1 aromatic heterocycles. The van der Waals surface area contributed by atoms with Crippen molar-refractivity contribution in [2.24, 2.45) is 7.05 Å². The summed E-state index contributed by atoms with van der Waals surface area (Å²) >= 11 is 7.91. The molecule has 0 spiro atoms. The minimum Gasteiger partial charge on any atom is -0.481 e. The molecule has 1 atom stereocenters. The molecule has 0 saturated heterocycles. The highest BCUT2D eigenvalue weighted by atomic mass is 35.5. The summed E-state index contributed by atoms with van der Waals surface area (Å²) in [5.41, 5.74) is 3.69. The normalized spacial score (nSPS) is 12.2. The Bertz CT molecular complexity index is 910. The molecule has 4 nitrogen and oxygen atoms in total. The predicted molar refractivity (Wildman–Crippen MR) is 107 cm³/mol. The van der Waals surface area contributed by atoms with Gasteiger partial charge >= 0.3 is 0 Å². The van der Waals surface area contributed by atoms with Crippen LogP contribution in [0.2, 0.25) is 5.02 Å². The molecule has 1 heterocycles. The monoisotopic (exact) mass is 387 g/mol. The second kappa shape index (κ2) is 8.14. The molecule has 0 N–H and O–H groups in total. The van der Waals surface area contributed by atoms with Crippen LogP contribution in [0.5, 0.6) is 5.75 Å². The molecule has 0 amide bonds. The standard InChI is InChI=1S/C20H22ClN3OS/c1-13-9-10-17(21)18(11-13)25-15(3)19-22-23-20(24(19)4)26-12-16-8-6-5-7-14(16)2/h5-11,15H,12H2,1-4H3. The molecule has 3 aromatic rings. The van der Waals surface area contributed by atoms with Crippen LogP contribution in [-0.2, 0) is 12.8 Å². The largest absolute Gasteiger partial charge is 0.481 e. The van der Waals surface area contributed by atoms with E-state index in [9.17, 15) is 0 Å². The number of ether oxygens (including phenoxy) is 1. The van der Waals surface area contributed by atoms with Gasteiger partial charge in [-0.15, -0.1) is 10.2 Å². The smallest absolute Gasteiger partial charge is 0.191 e. The fourth-order valence-electron chi connectivity index (χ4n) is 2.66. The Kier molecular flexibility index (Phi) is 5.89. The molecular formula is C20H22ClN3OS. The zero-order chi connectivity index (χ0) is 18.7. The Morgan fingerprint density at radius 3 is 2.69 bits per heavy atom. The quantitative estimate of drug-likeness (QED) is 0.522. The highest BCUT2D eigenvalue weighted by Crippen LogP contribution is 2.30. The number of rotatable bonds is 6. The molecule has 2 aromatic carbocycles. The Balaban J connectivity index is 1.71. The first-order valence-corrected chi connectivity index (χ1v) is 9.81. The molecule has 0 aliphatic carbocycles. The number of hydrogen-bond donors (Lipinski definition) is 0. The van der Waals surface area contributed by atoms with Crippen LogP contribution in [0.25, 0.3) is 0 Å². The van der Waals surface area contributed by atoms with Gasteiger partial charge in [0.15, 0.2) is 17.1 Å². The lowest BCUT2D eigenvalue weighted by atomic mass is 10.1. The van der Waals surface area contributed by atoms with Crippen LogP contribution in [-0.4, -0.2) is 14.8 Å². The average molecular weight is 388 g/mol. The van der Waals surface area contributed by atoms with Crippen LogP contribution < -0.4 is 4.74 Å². The Morgan fingerprint density at radius 1 is 1.15 bits per heavy atom. The number of hydrogen-bond acceptors (Lipinski definition) is 4. The third kappa shape index (κ3) is 4.22. The van der Waals surface area contributed by atoms with Gasteiger partial charge in [0.25, 0.3) is 0 Å². The summed E-state index contributed by atoms with van der Waals surface area (Å²) in [5.74, 6) is 2.29. The Labute approximate surface area is 163 Å². The predicted octanol–water partition coefficient (Wildman–Crippen LogP) is 5.52. The third-order valence-corrected chi connectivity index (χ3v) is 5.62. The molecule has 0 aliphatic heterocycles. The Hall–Kier alpha value is -1.98. The highest BCUT2D eigenvalue weighted by molar-refractivity contribution is 7.98. The first-order valence-electron chi connectivity index (χ1n) is 8.45. The van der Waals surface area contributed by atoms with Gasteiger partial charge in [0.1, 0.15) is 5.75 Å². The zero-order valence-electron chi connectivity index (χ0n) is 15.4. The van der Waals surface area contributed by atoms with Gasteiger partial charge < -0.3 is 9.30 Å². The second-order valence-electron chi connectivity index (χ2n) is 6.31. The first kappa shape index (κ1) is 18.8. The molecule has 0 fully saturated rings. The lowest BCUT2D eigenvalue weighted by Crippen LogP contribution is -2.10. The van der Waals surface area contributed by atoms with Crippen molar-refractivity contribution in [3.8, 4) is 5.75 Å². The molecule has 136 valence electrons. The van der Waals surface area contributed by atoms with Gasteiger partial charge in [0.05, 0.1) is 5.02 Å². The van der Waals surface area contributed by atoms with Gasteiger partial charge in [0.2, 0.25) is 0 Å². The number of benzene rings is 2. The van der Waals surface area contributed by atoms with E-state index in [2.05, 4.69) is 41.4 Å². The number of halogens is 1. The first-order chi connectivity index (χ1) is 12.5. The fourth-order valence-corrected chi connectivity index (χ4v) is 3.82. The van der Waals surface area contributed by atoms with E-state index >= 15 is 0 Å². The zero-order valence-corrected chi connectivity index (χ0v) is 16.9. The lowest BCUT2D eigenvalue weighted by molar-refractivity contribution is 0.211. The molecule has 0 aliphatic rings. The van der Waals surface area contributed by atoms with E-state index in [4.69, 9.17) is 16.3 Å². The summed E-state index contributed by atoms with van der Waals surface area (Å²) < 4.78 is 8.01. The van der Waals surface area contributed by atoms with Gasteiger partial charge in [-0.05, 0) is 49.6 Å². The molecule has 26 heavy (non-hydrogen) atoms. The van der Waals surface area contributed by atoms with Crippen molar-refractivity contribution >= 4 is 23.4 Å². The highest BCUT2D eigenvalue weighted by Gasteiger charge is 2.18. The molecule has 6 heteroatoms. The van der Waals surface area contributed by atoms with Crippen molar-refractivity contribution in [2.45, 2.75) is 37.8 Å². The van der Waals surface area contributed by atoms with Gasteiger partial charge in [0, 0.05) is 12.8 Å². The second-order valence-corrected chi connectivity index (χ2v) is 7.66. The number of nitrogens with zero attached hydrogens (tertiary/aromatic N) is 3. The summed E-state index contributed by atoms with van der Waals surface area (Å²) in [6, 6.07) is 14.1. The van der Waals surface area contributed by atoms with Gasteiger partial charge in [-0.1, -0.05) is 53.7 Å². The number of aromatic nitrogens is 3. The maximum absolute atomic E-state index is 6.23. The summed E-state index contributed by atoms with van der Waals surface area (Å²) in [5, 5.41) is 10.1. The van der Waals surface area contributed by atoms with E-state index in [1.54, 1.807) is 11.8 Å². The van der Waals surface area contributed by atoms with Crippen molar-refractivity contribution < 1.29 is 4.74 Å². The van der Waals surface area contributed by atoms with E-state index in [0.717, 1.165) is 22.3 Å². The van der Waals surface area contributed by atoms with Crippen LogP contribution in [0, 0.1) is 13.8 Å². The molecule has 0 radical (unpaired) electrons. The van der Waals surface area contributed by atoms with Crippen LogP contribution in [0.4, 0.5) is 0 Å². The van der Waals surface area contributed by atoms with E-state index in [1.807, 2.05) is 43.7 Å². The number of thioether (sulfide) groups is 1. The molecule has 1 unspecified atom stereocenters. The summed E-state index contributed by atoms with van der Waals surface area (Å²) in [7, 11) is 1.97. The van der Waals surface area contributed by atoms with Gasteiger partial charge in [-0.2, -0.15) is 0 Å². The Morgan fingerprint density at radius 2 is 1.92 bits per heavy atom. The van der Waals surface area contributed by atoms with Crippen molar-refractivity contribution in [2.75, 3.05) is 0 Å². The minimum absolute atomic E-state index is 0.250. The SMILES string of the molecule is Cc1ccc(Cl)c(OC(C)c2nnc(SCc3ccccc3C)n2C)c1. The average Bonchev–Trinajstić information content (AvgIpc) is 2.98.